The monoisotopic (exact) mass is 283 g/mol. The standard InChI is InChI=1S/C12H21N5O3/c1-7(2)11(13)12(19)15-6-10(18)14-5-4-9-16-8(3)20-17-9/h7,11H,4-6,13H2,1-3H3,(H,14,18)(H,15,19)/t11-/m0/s1. The van der Waals surface area contributed by atoms with E-state index >= 15 is 0 Å². The summed E-state index contributed by atoms with van der Waals surface area (Å²) in [6.07, 6.45) is 0.475. The van der Waals surface area contributed by atoms with E-state index in [1.807, 2.05) is 13.8 Å². The van der Waals surface area contributed by atoms with Gasteiger partial charge in [0.15, 0.2) is 5.82 Å². The lowest BCUT2D eigenvalue weighted by Gasteiger charge is -2.15. The molecule has 0 aliphatic heterocycles. The fourth-order valence-electron chi connectivity index (χ4n) is 1.41. The lowest BCUT2D eigenvalue weighted by atomic mass is 10.1. The first-order valence-electron chi connectivity index (χ1n) is 6.49. The number of carbonyl (C=O) groups excluding carboxylic acids is 2. The fraction of sp³-hybridized carbons (Fsp3) is 0.667. The van der Waals surface area contributed by atoms with Crippen LogP contribution in [0.4, 0.5) is 0 Å². The molecule has 0 unspecified atom stereocenters. The van der Waals surface area contributed by atoms with Crippen LogP contribution in [0.2, 0.25) is 0 Å². The number of aromatic nitrogens is 2. The normalized spacial score (nSPS) is 12.2. The Morgan fingerprint density at radius 3 is 2.60 bits per heavy atom. The maximum Gasteiger partial charge on any atom is 0.239 e. The van der Waals surface area contributed by atoms with Crippen LogP contribution in [0.5, 0.6) is 0 Å². The number of aryl methyl sites for hydroxylation is 1. The van der Waals surface area contributed by atoms with Crippen molar-refractivity contribution < 1.29 is 14.1 Å². The van der Waals surface area contributed by atoms with Crippen LogP contribution in [-0.2, 0) is 16.0 Å². The SMILES string of the molecule is Cc1nc(CCNC(=O)CNC(=O)[C@@H](N)C(C)C)no1. The molecule has 0 radical (unpaired) electrons. The molecule has 2 amide bonds. The highest BCUT2D eigenvalue weighted by Crippen LogP contribution is 1.97. The Hall–Kier alpha value is -1.96. The fourth-order valence-corrected chi connectivity index (χ4v) is 1.41. The summed E-state index contributed by atoms with van der Waals surface area (Å²) in [7, 11) is 0. The minimum absolute atomic E-state index is 0.0274. The molecule has 0 aromatic carbocycles. The molecule has 1 aromatic heterocycles. The molecule has 1 aromatic rings. The molecule has 0 bridgehead atoms. The zero-order valence-electron chi connectivity index (χ0n) is 12.0. The van der Waals surface area contributed by atoms with Crippen molar-refractivity contribution in [3.8, 4) is 0 Å². The zero-order valence-corrected chi connectivity index (χ0v) is 12.0. The van der Waals surface area contributed by atoms with E-state index in [4.69, 9.17) is 10.3 Å². The first-order valence-corrected chi connectivity index (χ1v) is 6.49. The van der Waals surface area contributed by atoms with Gasteiger partial charge in [-0.2, -0.15) is 4.98 Å². The van der Waals surface area contributed by atoms with Crippen LogP contribution in [0.3, 0.4) is 0 Å². The van der Waals surface area contributed by atoms with Gasteiger partial charge in [0, 0.05) is 19.9 Å². The van der Waals surface area contributed by atoms with Crippen molar-refractivity contribution in [1.29, 1.82) is 0 Å². The number of hydrogen-bond donors (Lipinski definition) is 3. The third kappa shape index (κ3) is 5.35. The first kappa shape index (κ1) is 16.1. The third-order valence-electron chi connectivity index (χ3n) is 2.68. The van der Waals surface area contributed by atoms with E-state index in [1.165, 1.54) is 0 Å². The number of rotatable bonds is 7. The summed E-state index contributed by atoms with van der Waals surface area (Å²) in [5.74, 6) is 0.438. The van der Waals surface area contributed by atoms with Gasteiger partial charge in [-0.25, -0.2) is 0 Å². The van der Waals surface area contributed by atoms with Crippen LogP contribution in [-0.4, -0.2) is 41.1 Å². The Kier molecular flexibility index (Phi) is 6.10. The van der Waals surface area contributed by atoms with Gasteiger partial charge >= 0.3 is 0 Å². The van der Waals surface area contributed by atoms with Crippen LogP contribution < -0.4 is 16.4 Å². The molecule has 1 rings (SSSR count). The lowest BCUT2D eigenvalue weighted by molar-refractivity contribution is -0.127. The van der Waals surface area contributed by atoms with Gasteiger partial charge in [-0.05, 0) is 5.92 Å². The van der Waals surface area contributed by atoms with Crippen molar-refractivity contribution in [3.63, 3.8) is 0 Å². The second kappa shape index (κ2) is 7.59. The van der Waals surface area contributed by atoms with E-state index in [0.717, 1.165) is 0 Å². The summed E-state index contributed by atoms with van der Waals surface area (Å²) < 4.78 is 4.80. The van der Waals surface area contributed by atoms with E-state index in [1.54, 1.807) is 6.92 Å². The molecule has 0 saturated heterocycles. The molecule has 0 aliphatic rings. The average Bonchev–Trinajstić information content (AvgIpc) is 2.80. The largest absolute Gasteiger partial charge is 0.354 e. The Morgan fingerprint density at radius 1 is 1.35 bits per heavy atom. The van der Waals surface area contributed by atoms with Crippen LogP contribution in [0.15, 0.2) is 4.52 Å². The van der Waals surface area contributed by atoms with Crippen LogP contribution in [0.25, 0.3) is 0 Å². The highest BCUT2D eigenvalue weighted by Gasteiger charge is 2.17. The smallest absolute Gasteiger partial charge is 0.239 e. The molecule has 0 aliphatic carbocycles. The van der Waals surface area contributed by atoms with Gasteiger partial charge in [0.1, 0.15) is 0 Å². The van der Waals surface area contributed by atoms with Crippen molar-refractivity contribution >= 4 is 11.8 Å². The molecule has 112 valence electrons. The second-order valence-electron chi connectivity index (χ2n) is 4.82. The summed E-state index contributed by atoms with van der Waals surface area (Å²) in [4.78, 5) is 27.1. The summed E-state index contributed by atoms with van der Waals surface area (Å²) in [6.45, 7) is 5.67. The molecule has 8 heteroatoms. The summed E-state index contributed by atoms with van der Waals surface area (Å²) in [6, 6.07) is -0.606. The van der Waals surface area contributed by atoms with Gasteiger partial charge < -0.3 is 20.9 Å². The Bertz CT molecular complexity index is 458. The summed E-state index contributed by atoms with van der Waals surface area (Å²) in [5.41, 5.74) is 5.65. The van der Waals surface area contributed by atoms with Crippen LogP contribution in [0, 0.1) is 12.8 Å². The number of nitrogens with one attached hydrogen (secondary N) is 2. The van der Waals surface area contributed by atoms with E-state index in [9.17, 15) is 9.59 Å². The highest BCUT2D eigenvalue weighted by atomic mass is 16.5. The number of nitrogens with two attached hydrogens (primary N) is 1. The summed E-state index contributed by atoms with van der Waals surface area (Å²) in [5, 5.41) is 8.84. The predicted octanol–water partition coefficient (Wildman–Crippen LogP) is -0.864. The number of nitrogens with zero attached hydrogens (tertiary/aromatic N) is 2. The first-order chi connectivity index (χ1) is 9.40. The minimum Gasteiger partial charge on any atom is -0.354 e. The second-order valence-corrected chi connectivity index (χ2v) is 4.82. The summed E-state index contributed by atoms with van der Waals surface area (Å²) >= 11 is 0. The molecular formula is C12H21N5O3. The zero-order chi connectivity index (χ0) is 15.1. The molecular weight excluding hydrogens is 262 g/mol. The van der Waals surface area contributed by atoms with Gasteiger partial charge in [-0.3, -0.25) is 9.59 Å². The Balaban J connectivity index is 2.19. The number of carbonyl (C=O) groups is 2. The van der Waals surface area contributed by atoms with Gasteiger partial charge in [-0.1, -0.05) is 19.0 Å². The van der Waals surface area contributed by atoms with Crippen LogP contribution in [0.1, 0.15) is 25.6 Å². The molecule has 20 heavy (non-hydrogen) atoms. The van der Waals surface area contributed by atoms with Crippen LogP contribution >= 0.6 is 0 Å². The molecule has 0 fully saturated rings. The lowest BCUT2D eigenvalue weighted by Crippen LogP contribution is -2.47. The molecule has 8 nitrogen and oxygen atoms in total. The van der Waals surface area contributed by atoms with E-state index in [2.05, 4.69) is 20.8 Å². The van der Waals surface area contributed by atoms with Crippen molar-refractivity contribution in [3.05, 3.63) is 11.7 Å². The van der Waals surface area contributed by atoms with Crippen molar-refractivity contribution in [2.24, 2.45) is 11.7 Å². The van der Waals surface area contributed by atoms with Crippen molar-refractivity contribution in [1.82, 2.24) is 20.8 Å². The van der Waals surface area contributed by atoms with E-state index in [-0.39, 0.29) is 24.3 Å². The molecule has 0 saturated carbocycles. The predicted molar refractivity (Wildman–Crippen MR) is 71.6 cm³/mol. The maximum atomic E-state index is 11.5. The Morgan fingerprint density at radius 2 is 2.05 bits per heavy atom. The molecule has 1 atom stereocenters. The van der Waals surface area contributed by atoms with Gasteiger partial charge in [0.2, 0.25) is 17.7 Å². The Labute approximate surface area is 117 Å². The van der Waals surface area contributed by atoms with Gasteiger partial charge in [0.05, 0.1) is 12.6 Å². The highest BCUT2D eigenvalue weighted by molar-refractivity contribution is 5.87. The average molecular weight is 283 g/mol. The topological polar surface area (TPSA) is 123 Å². The minimum atomic E-state index is -0.606. The quantitative estimate of drug-likeness (QED) is 0.598. The third-order valence-corrected chi connectivity index (χ3v) is 2.68. The van der Waals surface area contributed by atoms with E-state index < -0.39 is 6.04 Å². The molecule has 0 spiro atoms. The van der Waals surface area contributed by atoms with Gasteiger partial charge in [0.25, 0.3) is 0 Å². The maximum absolute atomic E-state index is 11.5. The van der Waals surface area contributed by atoms with Crippen molar-refractivity contribution in [2.75, 3.05) is 13.1 Å². The van der Waals surface area contributed by atoms with E-state index in [0.29, 0.717) is 24.7 Å². The molecule has 4 N–H and O–H groups in total. The number of amides is 2. The number of hydrogen-bond acceptors (Lipinski definition) is 6. The van der Waals surface area contributed by atoms with Gasteiger partial charge in [-0.15, -0.1) is 0 Å². The van der Waals surface area contributed by atoms with Crippen molar-refractivity contribution in [2.45, 2.75) is 33.2 Å². The molecule has 1 heterocycles.